The van der Waals surface area contributed by atoms with Gasteiger partial charge in [0.05, 0.1) is 0 Å². The van der Waals surface area contributed by atoms with Gasteiger partial charge < -0.3 is 5.84 Å². The maximum absolute atomic E-state index is 12.4. The van der Waals surface area contributed by atoms with Crippen molar-refractivity contribution in [3.63, 3.8) is 0 Å². The van der Waals surface area contributed by atoms with Gasteiger partial charge in [-0.2, -0.15) is 13.2 Å². The zero-order valence-electron chi connectivity index (χ0n) is 9.05. The van der Waals surface area contributed by atoms with Crippen LogP contribution >= 0.6 is 11.8 Å². The Morgan fingerprint density at radius 3 is 2.39 bits per heavy atom. The van der Waals surface area contributed by atoms with Gasteiger partial charge in [-0.25, -0.2) is 4.68 Å². The third kappa shape index (κ3) is 2.76. The average Bonchev–Trinajstić information content (AvgIpc) is 2.69. The Bertz CT molecular complexity index is 524. The zero-order valence-corrected chi connectivity index (χ0v) is 9.87. The van der Waals surface area contributed by atoms with Crippen LogP contribution in [-0.4, -0.2) is 14.9 Å². The highest BCUT2D eigenvalue weighted by atomic mass is 32.2. The third-order valence-corrected chi connectivity index (χ3v) is 3.14. The van der Waals surface area contributed by atoms with Crippen molar-refractivity contribution in [2.45, 2.75) is 17.1 Å². The normalized spacial score (nSPS) is 11.7. The molecular weight excluding hydrogens is 265 g/mol. The van der Waals surface area contributed by atoms with Crippen LogP contribution in [0.4, 0.5) is 13.2 Å². The van der Waals surface area contributed by atoms with Gasteiger partial charge in [0.15, 0.2) is 0 Å². The van der Waals surface area contributed by atoms with Gasteiger partial charge in [-0.3, -0.25) is 0 Å². The first-order valence-corrected chi connectivity index (χ1v) is 5.91. The number of nitrogens with two attached hydrogens (primary N) is 1. The number of halogens is 3. The molecular formula is C10H9F3N4S. The van der Waals surface area contributed by atoms with Crippen molar-refractivity contribution in [1.82, 2.24) is 14.9 Å². The Kier molecular flexibility index (Phi) is 3.46. The largest absolute Gasteiger partial charge is 0.453 e. The van der Waals surface area contributed by atoms with E-state index in [2.05, 4.69) is 10.2 Å². The van der Waals surface area contributed by atoms with E-state index in [1.165, 1.54) is 0 Å². The second-order valence-electron chi connectivity index (χ2n) is 3.45. The molecule has 0 spiro atoms. The lowest BCUT2D eigenvalue weighted by Gasteiger charge is -2.05. The number of hydrogen-bond acceptors (Lipinski definition) is 4. The first kappa shape index (κ1) is 12.7. The van der Waals surface area contributed by atoms with Gasteiger partial charge in [-0.1, -0.05) is 42.1 Å². The molecule has 8 heteroatoms. The molecule has 1 aromatic carbocycles. The summed E-state index contributed by atoms with van der Waals surface area (Å²) in [6, 6.07) is 9.31. The number of rotatable bonds is 3. The minimum absolute atomic E-state index is 0.0335. The molecule has 0 aliphatic carbocycles. The molecule has 2 aromatic rings. The van der Waals surface area contributed by atoms with Crippen LogP contribution in [-0.2, 0) is 11.9 Å². The summed E-state index contributed by atoms with van der Waals surface area (Å²) in [5.41, 5.74) is 0.971. The first-order valence-electron chi connectivity index (χ1n) is 4.93. The highest BCUT2D eigenvalue weighted by molar-refractivity contribution is 7.98. The first-order chi connectivity index (χ1) is 8.48. The predicted molar refractivity (Wildman–Crippen MR) is 61.2 cm³/mol. The Morgan fingerprint density at radius 1 is 1.17 bits per heavy atom. The maximum Gasteiger partial charge on any atom is 0.453 e. The second-order valence-corrected chi connectivity index (χ2v) is 4.39. The molecule has 0 aliphatic rings. The van der Waals surface area contributed by atoms with Crippen LogP contribution in [0.25, 0.3) is 0 Å². The van der Waals surface area contributed by atoms with Crippen LogP contribution in [0.3, 0.4) is 0 Å². The van der Waals surface area contributed by atoms with Gasteiger partial charge in [0.25, 0.3) is 5.82 Å². The molecule has 0 saturated carbocycles. The van der Waals surface area contributed by atoms with Crippen molar-refractivity contribution in [3.05, 3.63) is 41.7 Å². The lowest BCUT2D eigenvalue weighted by atomic mass is 10.2. The van der Waals surface area contributed by atoms with E-state index >= 15 is 0 Å². The minimum atomic E-state index is -4.59. The molecule has 0 fully saturated rings. The standard InChI is InChI=1S/C10H9F3N4S/c11-10(12,13)8-15-16-9(17(8)14)18-6-7-4-2-1-3-5-7/h1-5H,6,14H2. The second kappa shape index (κ2) is 4.89. The summed E-state index contributed by atoms with van der Waals surface area (Å²) in [6.07, 6.45) is -4.59. The molecule has 4 nitrogen and oxygen atoms in total. The molecule has 0 atom stereocenters. The Labute approximate surface area is 105 Å². The molecule has 96 valence electrons. The van der Waals surface area contributed by atoms with Gasteiger partial charge in [-0.15, -0.1) is 10.2 Å². The van der Waals surface area contributed by atoms with E-state index in [1.54, 1.807) is 0 Å². The molecule has 2 N–H and O–H groups in total. The van der Waals surface area contributed by atoms with E-state index < -0.39 is 12.0 Å². The molecule has 2 rings (SSSR count). The molecule has 0 unspecified atom stereocenters. The molecule has 0 aliphatic heterocycles. The molecule has 0 bridgehead atoms. The van der Waals surface area contributed by atoms with E-state index in [1.807, 2.05) is 30.3 Å². The van der Waals surface area contributed by atoms with Crippen molar-refractivity contribution in [2.24, 2.45) is 0 Å². The zero-order chi connectivity index (χ0) is 13.2. The van der Waals surface area contributed by atoms with Crippen molar-refractivity contribution in [2.75, 3.05) is 5.84 Å². The lowest BCUT2D eigenvalue weighted by molar-refractivity contribution is -0.146. The van der Waals surface area contributed by atoms with Gasteiger partial charge >= 0.3 is 6.18 Å². The van der Waals surface area contributed by atoms with Gasteiger partial charge in [0.2, 0.25) is 5.16 Å². The molecule has 0 saturated heterocycles. The van der Waals surface area contributed by atoms with Crippen LogP contribution in [0.1, 0.15) is 11.4 Å². The molecule has 0 radical (unpaired) electrons. The average molecular weight is 274 g/mol. The van der Waals surface area contributed by atoms with Crippen LogP contribution in [0.15, 0.2) is 35.5 Å². The number of hydrogen-bond donors (Lipinski definition) is 1. The smallest absolute Gasteiger partial charge is 0.335 e. The minimum Gasteiger partial charge on any atom is -0.335 e. The summed E-state index contributed by atoms with van der Waals surface area (Å²) < 4.78 is 37.7. The van der Waals surface area contributed by atoms with E-state index in [0.29, 0.717) is 10.4 Å². The van der Waals surface area contributed by atoms with Gasteiger partial charge in [-0.05, 0) is 5.56 Å². The number of benzene rings is 1. The predicted octanol–water partition coefficient (Wildman–Crippen LogP) is 2.30. The molecule has 1 heterocycles. The summed E-state index contributed by atoms with van der Waals surface area (Å²) in [7, 11) is 0. The maximum atomic E-state index is 12.4. The van der Waals surface area contributed by atoms with Gasteiger partial charge in [0.1, 0.15) is 0 Å². The fraction of sp³-hybridized carbons (Fsp3) is 0.200. The number of nitrogen functional groups attached to an aromatic ring is 1. The summed E-state index contributed by atoms with van der Waals surface area (Å²) in [4.78, 5) is 0. The van der Waals surface area contributed by atoms with E-state index in [0.717, 1.165) is 17.3 Å². The molecule has 1 aromatic heterocycles. The lowest BCUT2D eigenvalue weighted by Crippen LogP contribution is -2.21. The molecule has 18 heavy (non-hydrogen) atoms. The SMILES string of the molecule is Nn1c(SCc2ccccc2)nnc1C(F)(F)F. The van der Waals surface area contributed by atoms with E-state index in [9.17, 15) is 13.2 Å². The van der Waals surface area contributed by atoms with Crippen molar-refractivity contribution in [3.8, 4) is 0 Å². The van der Waals surface area contributed by atoms with Crippen LogP contribution in [0.5, 0.6) is 0 Å². The Morgan fingerprint density at radius 2 is 1.83 bits per heavy atom. The summed E-state index contributed by atoms with van der Waals surface area (Å²) in [6.45, 7) is 0. The summed E-state index contributed by atoms with van der Waals surface area (Å²) >= 11 is 1.10. The van der Waals surface area contributed by atoms with Gasteiger partial charge in [0, 0.05) is 5.75 Å². The van der Waals surface area contributed by atoms with Crippen LogP contribution in [0.2, 0.25) is 0 Å². The van der Waals surface area contributed by atoms with Crippen molar-refractivity contribution in [1.29, 1.82) is 0 Å². The fourth-order valence-electron chi connectivity index (χ4n) is 1.29. The monoisotopic (exact) mass is 274 g/mol. The van der Waals surface area contributed by atoms with Crippen molar-refractivity contribution < 1.29 is 13.2 Å². The van der Waals surface area contributed by atoms with Crippen LogP contribution in [0, 0.1) is 0 Å². The Balaban J connectivity index is 2.10. The van der Waals surface area contributed by atoms with Crippen LogP contribution < -0.4 is 5.84 Å². The highest BCUT2D eigenvalue weighted by Gasteiger charge is 2.38. The number of alkyl halides is 3. The molecule has 0 amide bonds. The van der Waals surface area contributed by atoms with Crippen molar-refractivity contribution >= 4 is 11.8 Å². The van der Waals surface area contributed by atoms with E-state index in [-0.39, 0.29) is 5.16 Å². The third-order valence-electron chi connectivity index (χ3n) is 2.13. The van der Waals surface area contributed by atoms with E-state index in [4.69, 9.17) is 5.84 Å². The summed E-state index contributed by atoms with van der Waals surface area (Å²) in [5.74, 6) is 4.59. The number of thioether (sulfide) groups is 1. The fourth-order valence-corrected chi connectivity index (χ4v) is 2.10. The number of aromatic nitrogens is 3. The topological polar surface area (TPSA) is 56.7 Å². The highest BCUT2D eigenvalue weighted by Crippen LogP contribution is 2.29. The summed E-state index contributed by atoms with van der Waals surface area (Å²) in [5, 5.41) is 6.50. The quantitative estimate of drug-likeness (QED) is 0.689. The Hall–Kier alpha value is -1.70. The number of nitrogens with zero attached hydrogens (tertiary/aromatic N) is 3.